The summed E-state index contributed by atoms with van der Waals surface area (Å²) in [6, 6.07) is 4.30. The molecule has 12 heteroatoms. The maximum absolute atomic E-state index is 13.4. The molecule has 1 amide bonds. The smallest absolute Gasteiger partial charge is 0.406 e. The Morgan fingerprint density at radius 1 is 1.33 bits per heavy atom. The third-order valence-corrected chi connectivity index (χ3v) is 6.42. The number of ether oxygens (including phenoxy) is 1. The Morgan fingerprint density at radius 3 is 2.78 bits per heavy atom. The first kappa shape index (κ1) is 27.6. The number of rotatable bonds is 8. The van der Waals surface area contributed by atoms with E-state index in [1.807, 2.05) is 6.20 Å². The Labute approximate surface area is 213 Å². The Bertz CT molecular complexity index is 1070. The molecule has 2 aliphatic heterocycles. The average molecular weight is 531 g/mol. The van der Waals surface area contributed by atoms with Gasteiger partial charge in [-0.2, -0.15) is 13.2 Å². The number of carbonyl (C=O) groups is 2. The molecule has 0 saturated carbocycles. The Morgan fingerprint density at radius 2 is 2.11 bits per heavy atom. The molecule has 0 saturated heterocycles. The number of imidazole rings is 1. The van der Waals surface area contributed by atoms with Gasteiger partial charge < -0.3 is 24.6 Å². The van der Waals surface area contributed by atoms with Gasteiger partial charge in [0.25, 0.3) is 0 Å². The van der Waals surface area contributed by atoms with Crippen LogP contribution in [0.15, 0.2) is 24.4 Å². The number of benzene rings is 1. The SMILES string of the molecule is CCC1c2cc(OCCc3cn4c(n3)NCCC4)ccc2C[C@@H](CC(=O)O)C(=O)N1CC(F)(F)F.Cl. The van der Waals surface area contributed by atoms with Crippen molar-refractivity contribution in [3.8, 4) is 5.75 Å². The molecular weight excluding hydrogens is 501 g/mol. The summed E-state index contributed by atoms with van der Waals surface area (Å²) in [6.07, 6.45) is -1.22. The van der Waals surface area contributed by atoms with Crippen LogP contribution in [0.2, 0.25) is 0 Å². The minimum absolute atomic E-state index is 0. The minimum Gasteiger partial charge on any atom is -0.493 e. The van der Waals surface area contributed by atoms with Gasteiger partial charge in [0.15, 0.2) is 0 Å². The summed E-state index contributed by atoms with van der Waals surface area (Å²) in [4.78, 5) is 29.7. The monoisotopic (exact) mass is 530 g/mol. The summed E-state index contributed by atoms with van der Waals surface area (Å²) in [5.74, 6) is -1.74. The molecular formula is C24H30ClF3N4O4. The summed E-state index contributed by atoms with van der Waals surface area (Å²) in [5.41, 5.74) is 2.12. The molecule has 3 heterocycles. The molecule has 0 bridgehead atoms. The number of halogens is 4. The van der Waals surface area contributed by atoms with Crippen LogP contribution in [0.3, 0.4) is 0 Å². The van der Waals surface area contributed by atoms with Crippen LogP contribution in [0.1, 0.15) is 49.0 Å². The summed E-state index contributed by atoms with van der Waals surface area (Å²) in [6.45, 7) is 2.42. The number of fused-ring (bicyclic) bond motifs is 2. The van der Waals surface area contributed by atoms with Crippen LogP contribution in [-0.2, 0) is 29.0 Å². The summed E-state index contributed by atoms with van der Waals surface area (Å²) >= 11 is 0. The van der Waals surface area contributed by atoms with Crippen molar-refractivity contribution in [2.75, 3.05) is 25.0 Å². The van der Waals surface area contributed by atoms with E-state index in [2.05, 4.69) is 14.9 Å². The number of nitrogens with zero attached hydrogens (tertiary/aromatic N) is 3. The van der Waals surface area contributed by atoms with Crippen LogP contribution < -0.4 is 10.1 Å². The number of aromatic nitrogens is 2. The van der Waals surface area contributed by atoms with Crippen LogP contribution in [0.25, 0.3) is 0 Å². The quantitative estimate of drug-likeness (QED) is 0.530. The molecule has 1 aromatic heterocycles. The number of alkyl halides is 3. The lowest BCUT2D eigenvalue weighted by atomic mass is 9.92. The lowest BCUT2D eigenvalue weighted by molar-refractivity contribution is -0.169. The fourth-order valence-corrected chi connectivity index (χ4v) is 4.88. The van der Waals surface area contributed by atoms with Gasteiger partial charge in [-0.1, -0.05) is 13.0 Å². The van der Waals surface area contributed by atoms with E-state index in [0.717, 1.165) is 36.1 Å². The Balaban J connectivity index is 0.00000361. The van der Waals surface area contributed by atoms with E-state index in [1.165, 1.54) is 0 Å². The number of nitrogens with one attached hydrogen (secondary N) is 1. The number of aryl methyl sites for hydroxylation is 1. The predicted octanol–water partition coefficient (Wildman–Crippen LogP) is 4.23. The largest absolute Gasteiger partial charge is 0.493 e. The standard InChI is InChI=1S/C24H29F3N4O4.ClH/c1-2-20-19-12-18(35-9-6-17-13-30-8-3-7-28-23(30)29-17)5-4-15(19)10-16(11-21(32)33)22(34)31(20)14-24(25,26)27;/h4-5,12-13,16,20H,2-3,6-11,14H2,1H3,(H,28,29)(H,32,33);1H/t16-,20?;/m0./s1. The van der Waals surface area contributed by atoms with Gasteiger partial charge in [-0.15, -0.1) is 12.4 Å². The highest BCUT2D eigenvalue weighted by Crippen LogP contribution is 2.38. The third-order valence-electron chi connectivity index (χ3n) is 6.42. The van der Waals surface area contributed by atoms with Gasteiger partial charge in [-0.05, 0) is 42.5 Å². The number of carbonyl (C=O) groups excluding carboxylic acids is 1. The zero-order valence-electron chi connectivity index (χ0n) is 19.9. The van der Waals surface area contributed by atoms with Gasteiger partial charge in [-0.25, -0.2) is 4.98 Å². The van der Waals surface area contributed by atoms with Gasteiger partial charge in [0.05, 0.1) is 30.7 Å². The van der Waals surface area contributed by atoms with Gasteiger partial charge in [0, 0.05) is 25.7 Å². The van der Waals surface area contributed by atoms with E-state index in [1.54, 1.807) is 25.1 Å². The highest BCUT2D eigenvalue weighted by molar-refractivity contribution is 5.85. The number of hydrogen-bond donors (Lipinski definition) is 2. The van der Waals surface area contributed by atoms with Crippen LogP contribution in [-0.4, -0.2) is 57.3 Å². The van der Waals surface area contributed by atoms with Crippen molar-refractivity contribution < 1.29 is 32.6 Å². The van der Waals surface area contributed by atoms with Crippen molar-refractivity contribution >= 4 is 30.2 Å². The van der Waals surface area contributed by atoms with Crippen LogP contribution >= 0.6 is 12.4 Å². The summed E-state index contributed by atoms with van der Waals surface area (Å²) in [7, 11) is 0. The fraction of sp³-hybridized carbons (Fsp3) is 0.542. The molecule has 36 heavy (non-hydrogen) atoms. The zero-order chi connectivity index (χ0) is 25.2. The van der Waals surface area contributed by atoms with E-state index in [0.29, 0.717) is 29.9 Å². The normalized spacial score (nSPS) is 19.4. The number of carboxylic acids is 1. The van der Waals surface area contributed by atoms with Crippen molar-refractivity contribution in [1.29, 1.82) is 0 Å². The van der Waals surface area contributed by atoms with Crippen molar-refractivity contribution in [3.63, 3.8) is 0 Å². The molecule has 0 fully saturated rings. The average Bonchev–Trinajstić information content (AvgIpc) is 3.17. The Kier molecular flexibility index (Phi) is 8.76. The third kappa shape index (κ3) is 6.43. The van der Waals surface area contributed by atoms with E-state index in [-0.39, 0.29) is 25.2 Å². The second-order valence-corrected chi connectivity index (χ2v) is 8.99. The first-order valence-corrected chi connectivity index (χ1v) is 11.8. The Hall–Kier alpha value is -2.95. The summed E-state index contributed by atoms with van der Waals surface area (Å²) in [5, 5.41) is 12.5. The van der Waals surface area contributed by atoms with Gasteiger partial charge in [0.1, 0.15) is 12.3 Å². The molecule has 0 radical (unpaired) electrons. The van der Waals surface area contributed by atoms with Crippen LogP contribution in [0.4, 0.5) is 19.1 Å². The first-order valence-electron chi connectivity index (χ1n) is 11.8. The van der Waals surface area contributed by atoms with Crippen molar-refractivity contribution in [1.82, 2.24) is 14.5 Å². The van der Waals surface area contributed by atoms with Crippen LogP contribution in [0, 0.1) is 5.92 Å². The molecule has 4 rings (SSSR count). The van der Waals surface area contributed by atoms with Gasteiger partial charge in [-0.3, -0.25) is 9.59 Å². The topological polar surface area (TPSA) is 96.7 Å². The number of aliphatic carboxylic acids is 1. The molecule has 2 aromatic rings. The van der Waals surface area contributed by atoms with E-state index >= 15 is 0 Å². The van der Waals surface area contributed by atoms with Crippen molar-refractivity contribution in [3.05, 3.63) is 41.2 Å². The van der Waals surface area contributed by atoms with E-state index in [9.17, 15) is 27.9 Å². The molecule has 8 nitrogen and oxygen atoms in total. The maximum atomic E-state index is 13.4. The molecule has 0 aliphatic carbocycles. The molecule has 198 valence electrons. The highest BCUT2D eigenvalue weighted by Gasteiger charge is 2.42. The number of hydrogen-bond acceptors (Lipinski definition) is 5. The maximum Gasteiger partial charge on any atom is 0.406 e. The number of amides is 1. The zero-order valence-corrected chi connectivity index (χ0v) is 20.7. The van der Waals surface area contributed by atoms with Gasteiger partial charge >= 0.3 is 12.1 Å². The van der Waals surface area contributed by atoms with Crippen molar-refractivity contribution in [2.24, 2.45) is 5.92 Å². The molecule has 1 aromatic carbocycles. The predicted molar refractivity (Wildman–Crippen MR) is 128 cm³/mol. The summed E-state index contributed by atoms with van der Waals surface area (Å²) < 4.78 is 48.1. The molecule has 2 aliphatic rings. The second-order valence-electron chi connectivity index (χ2n) is 8.99. The second kappa shape index (κ2) is 11.4. The molecule has 2 N–H and O–H groups in total. The molecule has 0 spiro atoms. The lowest BCUT2D eigenvalue weighted by Gasteiger charge is -2.32. The van der Waals surface area contributed by atoms with Crippen molar-refractivity contribution in [2.45, 2.75) is 57.8 Å². The number of carboxylic acid groups (broad SMARTS) is 1. The number of anilines is 1. The van der Waals surface area contributed by atoms with Gasteiger partial charge in [0.2, 0.25) is 11.9 Å². The van der Waals surface area contributed by atoms with Crippen LogP contribution in [0.5, 0.6) is 5.75 Å². The molecule has 2 atom stereocenters. The lowest BCUT2D eigenvalue weighted by Crippen LogP contribution is -2.43. The fourth-order valence-electron chi connectivity index (χ4n) is 4.88. The van der Waals surface area contributed by atoms with E-state index < -0.39 is 43.0 Å². The molecule has 1 unspecified atom stereocenters. The highest BCUT2D eigenvalue weighted by atomic mass is 35.5. The minimum atomic E-state index is -4.60. The first-order chi connectivity index (χ1) is 16.6. The van der Waals surface area contributed by atoms with E-state index in [4.69, 9.17) is 4.74 Å².